The highest BCUT2D eigenvalue weighted by atomic mass is 32.1. The molecule has 0 amide bonds. The molecular formula is C9H13NOS. The lowest BCUT2D eigenvalue weighted by molar-refractivity contribution is 0.0913. The molecule has 1 aliphatic rings. The molecule has 0 saturated heterocycles. The fourth-order valence-corrected chi connectivity index (χ4v) is 2.75. The van der Waals surface area contributed by atoms with E-state index in [1.165, 1.54) is 4.88 Å². The highest BCUT2D eigenvalue weighted by Crippen LogP contribution is 2.36. The molecule has 0 aliphatic carbocycles. The molecule has 2 heterocycles. The summed E-state index contributed by atoms with van der Waals surface area (Å²) in [5.41, 5.74) is 1.13. The monoisotopic (exact) mass is 183 g/mol. The van der Waals surface area contributed by atoms with E-state index in [-0.39, 0.29) is 6.10 Å². The van der Waals surface area contributed by atoms with E-state index in [2.05, 4.69) is 24.3 Å². The van der Waals surface area contributed by atoms with E-state index in [1.54, 1.807) is 11.3 Å². The van der Waals surface area contributed by atoms with Crippen LogP contribution in [0.3, 0.4) is 0 Å². The summed E-state index contributed by atoms with van der Waals surface area (Å²) >= 11 is 1.74. The number of hydrogen-bond acceptors (Lipinski definition) is 3. The van der Waals surface area contributed by atoms with Gasteiger partial charge in [-0.3, -0.25) is 4.90 Å². The fraction of sp³-hybridized carbons (Fsp3) is 0.556. The normalized spacial score (nSPS) is 30.2. The van der Waals surface area contributed by atoms with E-state index in [1.807, 2.05) is 6.07 Å². The van der Waals surface area contributed by atoms with Crippen LogP contribution in [0.25, 0.3) is 0 Å². The van der Waals surface area contributed by atoms with Gasteiger partial charge in [0.2, 0.25) is 0 Å². The molecule has 2 atom stereocenters. The molecule has 1 aliphatic heterocycles. The van der Waals surface area contributed by atoms with E-state index in [0.717, 1.165) is 12.1 Å². The molecule has 0 fully saturated rings. The fourth-order valence-electron chi connectivity index (χ4n) is 1.68. The van der Waals surface area contributed by atoms with Crippen LogP contribution in [0.15, 0.2) is 11.4 Å². The molecule has 12 heavy (non-hydrogen) atoms. The van der Waals surface area contributed by atoms with Gasteiger partial charge in [0.05, 0.1) is 6.10 Å². The lowest BCUT2D eigenvalue weighted by Gasteiger charge is -2.32. The van der Waals surface area contributed by atoms with Crippen LogP contribution in [0.2, 0.25) is 0 Å². The van der Waals surface area contributed by atoms with E-state index < -0.39 is 0 Å². The highest BCUT2D eigenvalue weighted by Gasteiger charge is 2.27. The lowest BCUT2D eigenvalue weighted by atomic mass is 10.0. The number of aliphatic hydroxyl groups excluding tert-OH is 1. The van der Waals surface area contributed by atoms with E-state index in [9.17, 15) is 5.11 Å². The zero-order valence-corrected chi connectivity index (χ0v) is 8.14. The van der Waals surface area contributed by atoms with Crippen molar-refractivity contribution in [2.45, 2.75) is 19.1 Å². The SMILES string of the molecule is CC1c2sccc2C(O)CN1C. The number of fused-ring (bicyclic) bond motifs is 1. The van der Waals surface area contributed by atoms with Crippen LogP contribution in [-0.2, 0) is 0 Å². The van der Waals surface area contributed by atoms with Crippen molar-refractivity contribution in [2.24, 2.45) is 0 Å². The zero-order chi connectivity index (χ0) is 8.72. The van der Waals surface area contributed by atoms with E-state index in [0.29, 0.717) is 6.04 Å². The molecular weight excluding hydrogens is 170 g/mol. The first-order chi connectivity index (χ1) is 5.70. The number of likely N-dealkylation sites (N-methyl/N-ethyl adjacent to an activating group) is 1. The third kappa shape index (κ3) is 1.09. The van der Waals surface area contributed by atoms with Gasteiger partial charge in [-0.15, -0.1) is 11.3 Å². The first-order valence-electron chi connectivity index (χ1n) is 4.15. The summed E-state index contributed by atoms with van der Waals surface area (Å²) in [7, 11) is 2.05. The van der Waals surface area contributed by atoms with Gasteiger partial charge in [-0.05, 0) is 31.0 Å². The van der Waals surface area contributed by atoms with Crippen molar-refractivity contribution >= 4 is 11.3 Å². The molecule has 0 aromatic carbocycles. The Labute approximate surface area is 76.4 Å². The number of rotatable bonds is 0. The number of nitrogens with zero attached hydrogens (tertiary/aromatic N) is 1. The molecule has 2 nitrogen and oxygen atoms in total. The standard InChI is InChI=1S/C9H13NOS/c1-6-9-7(3-4-12-9)8(11)5-10(6)2/h3-4,6,8,11H,5H2,1-2H3. The van der Waals surface area contributed by atoms with Crippen molar-refractivity contribution in [3.8, 4) is 0 Å². The van der Waals surface area contributed by atoms with Crippen LogP contribution >= 0.6 is 11.3 Å². The first kappa shape index (κ1) is 8.23. The Morgan fingerprint density at radius 1 is 1.67 bits per heavy atom. The number of thiophene rings is 1. The zero-order valence-electron chi connectivity index (χ0n) is 7.32. The number of β-amino-alcohol motifs (C(OH)–C–C–N with tert-alkyl or cyclic N) is 1. The maximum Gasteiger partial charge on any atom is 0.0928 e. The molecule has 2 rings (SSSR count). The van der Waals surface area contributed by atoms with Crippen LogP contribution in [0.5, 0.6) is 0 Å². The van der Waals surface area contributed by atoms with Crippen LogP contribution in [0, 0.1) is 0 Å². The maximum atomic E-state index is 9.70. The molecule has 1 aromatic heterocycles. The van der Waals surface area contributed by atoms with Crippen molar-refractivity contribution in [1.82, 2.24) is 4.90 Å². The Balaban J connectivity index is 2.43. The Hall–Kier alpha value is -0.380. The molecule has 0 radical (unpaired) electrons. The maximum absolute atomic E-state index is 9.70. The Morgan fingerprint density at radius 2 is 2.42 bits per heavy atom. The third-order valence-electron chi connectivity index (χ3n) is 2.59. The third-order valence-corrected chi connectivity index (χ3v) is 3.69. The van der Waals surface area contributed by atoms with Crippen molar-refractivity contribution in [3.05, 3.63) is 21.9 Å². The second kappa shape index (κ2) is 2.83. The minimum absolute atomic E-state index is 0.285. The lowest BCUT2D eigenvalue weighted by Crippen LogP contribution is -2.32. The van der Waals surface area contributed by atoms with Crippen LogP contribution in [0.4, 0.5) is 0 Å². The van der Waals surface area contributed by atoms with Crippen LogP contribution in [-0.4, -0.2) is 23.6 Å². The van der Waals surface area contributed by atoms with Crippen molar-refractivity contribution < 1.29 is 5.11 Å². The molecule has 0 saturated carbocycles. The first-order valence-corrected chi connectivity index (χ1v) is 5.03. The summed E-state index contributed by atoms with van der Waals surface area (Å²) < 4.78 is 0. The Kier molecular flexibility index (Phi) is 1.94. The second-order valence-electron chi connectivity index (χ2n) is 3.37. The van der Waals surface area contributed by atoms with Gasteiger partial charge in [-0.1, -0.05) is 0 Å². The minimum Gasteiger partial charge on any atom is -0.387 e. The van der Waals surface area contributed by atoms with Crippen molar-refractivity contribution in [3.63, 3.8) is 0 Å². The molecule has 66 valence electrons. The van der Waals surface area contributed by atoms with Gasteiger partial charge < -0.3 is 5.11 Å². The number of hydrogen-bond donors (Lipinski definition) is 1. The van der Waals surface area contributed by atoms with Gasteiger partial charge in [0.25, 0.3) is 0 Å². The average molecular weight is 183 g/mol. The highest BCUT2D eigenvalue weighted by molar-refractivity contribution is 7.10. The topological polar surface area (TPSA) is 23.5 Å². The molecule has 1 N–H and O–H groups in total. The summed E-state index contributed by atoms with van der Waals surface area (Å²) in [5, 5.41) is 11.8. The second-order valence-corrected chi connectivity index (χ2v) is 4.32. The summed E-state index contributed by atoms with van der Waals surface area (Å²) in [6, 6.07) is 2.50. The molecule has 0 bridgehead atoms. The largest absolute Gasteiger partial charge is 0.387 e. The minimum atomic E-state index is -0.285. The number of aliphatic hydroxyl groups is 1. The quantitative estimate of drug-likeness (QED) is 0.663. The average Bonchev–Trinajstić information content (AvgIpc) is 2.48. The van der Waals surface area contributed by atoms with Gasteiger partial charge in [0, 0.05) is 17.5 Å². The predicted octanol–water partition coefficient (Wildman–Crippen LogP) is 1.79. The molecule has 3 heteroatoms. The van der Waals surface area contributed by atoms with E-state index in [4.69, 9.17) is 0 Å². The summed E-state index contributed by atoms with van der Waals surface area (Å²) in [6.07, 6.45) is -0.285. The predicted molar refractivity (Wildman–Crippen MR) is 50.3 cm³/mol. The van der Waals surface area contributed by atoms with Crippen LogP contribution in [0.1, 0.15) is 29.5 Å². The Bertz CT molecular complexity index is 284. The molecule has 2 unspecified atom stereocenters. The smallest absolute Gasteiger partial charge is 0.0928 e. The van der Waals surface area contributed by atoms with Crippen molar-refractivity contribution in [1.29, 1.82) is 0 Å². The van der Waals surface area contributed by atoms with Gasteiger partial charge >= 0.3 is 0 Å². The summed E-state index contributed by atoms with van der Waals surface area (Å²) in [6.45, 7) is 2.94. The van der Waals surface area contributed by atoms with Gasteiger partial charge in [-0.2, -0.15) is 0 Å². The molecule has 0 spiro atoms. The van der Waals surface area contributed by atoms with E-state index >= 15 is 0 Å². The summed E-state index contributed by atoms with van der Waals surface area (Å²) in [4.78, 5) is 3.50. The van der Waals surface area contributed by atoms with Crippen LogP contribution < -0.4 is 0 Å². The van der Waals surface area contributed by atoms with Gasteiger partial charge in [0.15, 0.2) is 0 Å². The van der Waals surface area contributed by atoms with Gasteiger partial charge in [0.1, 0.15) is 0 Å². The Morgan fingerprint density at radius 3 is 3.17 bits per heavy atom. The summed E-state index contributed by atoms with van der Waals surface area (Å²) in [5.74, 6) is 0. The van der Waals surface area contributed by atoms with Crippen molar-refractivity contribution in [2.75, 3.05) is 13.6 Å². The molecule has 1 aromatic rings. The van der Waals surface area contributed by atoms with Gasteiger partial charge in [-0.25, -0.2) is 0 Å².